The molecule has 1 aromatic rings. The zero-order valence-electron chi connectivity index (χ0n) is 16.3. The van der Waals surface area contributed by atoms with Crippen LogP contribution in [-0.4, -0.2) is 48.7 Å². The fraction of sp³-hybridized carbons (Fsp3) is 0.579. The van der Waals surface area contributed by atoms with E-state index in [9.17, 15) is 18.4 Å². The van der Waals surface area contributed by atoms with Gasteiger partial charge in [0.15, 0.2) is 11.5 Å². The minimum Gasteiger partial charge on any atom is -0.490 e. The molecule has 156 valence electrons. The normalized spacial score (nSPS) is 13.7. The molecule has 0 bridgehead atoms. The first-order valence-electron chi connectivity index (χ1n) is 9.33. The summed E-state index contributed by atoms with van der Waals surface area (Å²) >= 11 is 0. The number of imide groups is 1. The van der Waals surface area contributed by atoms with E-state index in [1.807, 2.05) is 4.90 Å². The Labute approximate surface area is 163 Å². The number of benzene rings is 1. The van der Waals surface area contributed by atoms with Gasteiger partial charge in [0, 0.05) is 18.6 Å². The predicted molar refractivity (Wildman–Crippen MR) is 99.5 cm³/mol. The molecule has 7 nitrogen and oxygen atoms in total. The zero-order chi connectivity index (χ0) is 20.7. The molecule has 1 aliphatic rings. The highest BCUT2D eigenvalue weighted by atomic mass is 19.3. The van der Waals surface area contributed by atoms with Crippen molar-refractivity contribution in [3.05, 3.63) is 23.8 Å². The Morgan fingerprint density at radius 2 is 1.96 bits per heavy atom. The molecular formula is C19H27F2N3O4. The van der Waals surface area contributed by atoms with Gasteiger partial charge in [0.05, 0.1) is 13.2 Å². The largest absolute Gasteiger partial charge is 0.490 e. The molecule has 28 heavy (non-hydrogen) atoms. The average Bonchev–Trinajstić information content (AvgIpc) is 3.40. The van der Waals surface area contributed by atoms with Gasteiger partial charge in [-0.2, -0.15) is 8.78 Å². The van der Waals surface area contributed by atoms with Crippen molar-refractivity contribution in [1.29, 1.82) is 0 Å². The number of rotatable bonds is 10. The van der Waals surface area contributed by atoms with E-state index in [4.69, 9.17) is 4.74 Å². The van der Waals surface area contributed by atoms with Gasteiger partial charge < -0.3 is 14.8 Å². The zero-order valence-corrected chi connectivity index (χ0v) is 16.3. The van der Waals surface area contributed by atoms with Gasteiger partial charge in [-0.05, 0) is 51.3 Å². The second kappa shape index (κ2) is 10.2. The minimum atomic E-state index is -2.94. The average molecular weight is 399 g/mol. The van der Waals surface area contributed by atoms with E-state index in [1.165, 1.54) is 6.07 Å². The van der Waals surface area contributed by atoms with Gasteiger partial charge in [-0.15, -0.1) is 0 Å². The van der Waals surface area contributed by atoms with Crippen LogP contribution in [0, 0.1) is 0 Å². The maximum atomic E-state index is 12.5. The van der Waals surface area contributed by atoms with E-state index in [1.54, 1.807) is 32.9 Å². The number of amides is 3. The van der Waals surface area contributed by atoms with E-state index < -0.39 is 18.5 Å². The molecule has 0 heterocycles. The third-order valence-electron chi connectivity index (χ3n) is 3.99. The monoisotopic (exact) mass is 399 g/mol. The van der Waals surface area contributed by atoms with Crippen molar-refractivity contribution in [3.8, 4) is 11.5 Å². The standard InChI is InChI=1S/C19H27F2N3O4/c1-4-27-16-9-13(5-8-15(16)28-18(20)21)10-24(14-6-7-14)11-17(25)23-19(26)22-12(2)3/h5,8-9,12,14,18H,4,6-7,10-11H2,1-3H3,(H2,22,23,25,26). The summed E-state index contributed by atoms with van der Waals surface area (Å²) in [7, 11) is 0. The molecule has 0 aromatic heterocycles. The van der Waals surface area contributed by atoms with Gasteiger partial charge in [-0.25, -0.2) is 4.79 Å². The fourth-order valence-corrected chi connectivity index (χ4v) is 2.75. The number of halogens is 2. The first kappa shape index (κ1) is 21.9. The van der Waals surface area contributed by atoms with Crippen LogP contribution in [0.1, 0.15) is 39.2 Å². The van der Waals surface area contributed by atoms with Crippen LogP contribution in [0.3, 0.4) is 0 Å². The summed E-state index contributed by atoms with van der Waals surface area (Å²) in [5.74, 6) is -0.189. The third-order valence-corrected chi connectivity index (χ3v) is 3.99. The van der Waals surface area contributed by atoms with Crippen LogP contribution >= 0.6 is 0 Å². The summed E-state index contributed by atoms with van der Waals surface area (Å²) < 4.78 is 34.9. The number of carbonyl (C=O) groups excluding carboxylic acids is 2. The number of urea groups is 1. The Bertz CT molecular complexity index is 681. The molecule has 3 amide bonds. The molecule has 0 spiro atoms. The lowest BCUT2D eigenvalue weighted by atomic mass is 10.2. The second-order valence-corrected chi connectivity index (χ2v) is 6.91. The van der Waals surface area contributed by atoms with Gasteiger partial charge in [0.1, 0.15) is 0 Å². The van der Waals surface area contributed by atoms with E-state index in [0.717, 1.165) is 18.4 Å². The highest BCUT2D eigenvalue weighted by molar-refractivity contribution is 5.95. The van der Waals surface area contributed by atoms with Crippen molar-refractivity contribution in [2.24, 2.45) is 0 Å². The van der Waals surface area contributed by atoms with Crippen LogP contribution in [0.5, 0.6) is 11.5 Å². The number of hydrogen-bond donors (Lipinski definition) is 2. The number of nitrogens with one attached hydrogen (secondary N) is 2. The summed E-state index contributed by atoms with van der Waals surface area (Å²) in [6.45, 7) is 3.23. The topological polar surface area (TPSA) is 79.9 Å². The van der Waals surface area contributed by atoms with E-state index in [0.29, 0.717) is 13.2 Å². The van der Waals surface area contributed by atoms with Gasteiger partial charge in [-0.1, -0.05) is 6.07 Å². The maximum Gasteiger partial charge on any atom is 0.387 e. The van der Waals surface area contributed by atoms with Crippen LogP contribution in [0.4, 0.5) is 13.6 Å². The maximum absolute atomic E-state index is 12.5. The van der Waals surface area contributed by atoms with Crippen LogP contribution < -0.4 is 20.1 Å². The molecule has 2 rings (SSSR count). The van der Waals surface area contributed by atoms with Gasteiger partial charge in [0.2, 0.25) is 5.91 Å². The lowest BCUT2D eigenvalue weighted by Crippen LogP contribution is -2.46. The quantitative estimate of drug-likeness (QED) is 0.632. The second-order valence-electron chi connectivity index (χ2n) is 6.91. The molecule has 1 fully saturated rings. The molecule has 1 aliphatic carbocycles. The first-order chi connectivity index (χ1) is 13.3. The molecule has 1 aromatic carbocycles. The number of hydrogen-bond acceptors (Lipinski definition) is 5. The first-order valence-corrected chi connectivity index (χ1v) is 9.33. The Morgan fingerprint density at radius 3 is 2.54 bits per heavy atom. The fourth-order valence-electron chi connectivity index (χ4n) is 2.75. The number of nitrogens with zero attached hydrogens (tertiary/aromatic N) is 1. The summed E-state index contributed by atoms with van der Waals surface area (Å²) in [5, 5.41) is 4.92. The number of ether oxygens (including phenoxy) is 2. The summed E-state index contributed by atoms with van der Waals surface area (Å²) in [6, 6.07) is 4.40. The van der Waals surface area contributed by atoms with Crippen LogP contribution in [0.15, 0.2) is 18.2 Å². The number of carbonyl (C=O) groups is 2. The van der Waals surface area contributed by atoms with Crippen LogP contribution in [-0.2, 0) is 11.3 Å². The Hall–Kier alpha value is -2.42. The summed E-state index contributed by atoms with van der Waals surface area (Å²) in [6.07, 6.45) is 1.94. The van der Waals surface area contributed by atoms with Crippen molar-refractivity contribution in [2.45, 2.75) is 58.9 Å². The van der Waals surface area contributed by atoms with Crippen molar-refractivity contribution in [3.63, 3.8) is 0 Å². The lowest BCUT2D eigenvalue weighted by Gasteiger charge is -2.22. The molecule has 1 saturated carbocycles. The van der Waals surface area contributed by atoms with Crippen LogP contribution in [0.25, 0.3) is 0 Å². The highest BCUT2D eigenvalue weighted by Crippen LogP contribution is 2.32. The van der Waals surface area contributed by atoms with Crippen molar-refractivity contribution >= 4 is 11.9 Å². The molecular weight excluding hydrogens is 372 g/mol. The third kappa shape index (κ3) is 7.30. The highest BCUT2D eigenvalue weighted by Gasteiger charge is 2.31. The van der Waals surface area contributed by atoms with E-state index >= 15 is 0 Å². The summed E-state index contributed by atoms with van der Waals surface area (Å²) in [5.41, 5.74) is 0.802. The van der Waals surface area contributed by atoms with Gasteiger partial charge in [-0.3, -0.25) is 15.0 Å². The van der Waals surface area contributed by atoms with Crippen LogP contribution in [0.2, 0.25) is 0 Å². The van der Waals surface area contributed by atoms with E-state index in [2.05, 4.69) is 15.4 Å². The molecule has 0 radical (unpaired) electrons. The predicted octanol–water partition coefficient (Wildman–Crippen LogP) is 2.89. The van der Waals surface area contributed by atoms with Crippen molar-refractivity contribution < 1.29 is 27.8 Å². The molecule has 0 atom stereocenters. The van der Waals surface area contributed by atoms with Crippen molar-refractivity contribution in [2.75, 3.05) is 13.2 Å². The Kier molecular flexibility index (Phi) is 7.98. The molecule has 0 saturated heterocycles. The molecule has 2 N–H and O–H groups in total. The molecule has 0 unspecified atom stereocenters. The minimum absolute atomic E-state index is 0.0262. The number of alkyl halides is 2. The Balaban J connectivity index is 2.02. The van der Waals surface area contributed by atoms with Crippen molar-refractivity contribution in [1.82, 2.24) is 15.5 Å². The van der Waals surface area contributed by atoms with Gasteiger partial charge in [0.25, 0.3) is 0 Å². The molecule has 0 aliphatic heterocycles. The summed E-state index contributed by atoms with van der Waals surface area (Å²) in [4.78, 5) is 25.8. The van der Waals surface area contributed by atoms with Gasteiger partial charge >= 0.3 is 12.6 Å². The SMILES string of the molecule is CCOc1cc(CN(CC(=O)NC(=O)NC(C)C)C2CC2)ccc1OC(F)F. The van der Waals surface area contributed by atoms with E-state index in [-0.39, 0.29) is 30.1 Å². The lowest BCUT2D eigenvalue weighted by molar-refractivity contribution is -0.121. The molecule has 9 heteroatoms. The smallest absolute Gasteiger partial charge is 0.387 e. The Morgan fingerprint density at radius 1 is 1.25 bits per heavy atom.